The smallest absolute Gasteiger partial charge is 0.121 e. The summed E-state index contributed by atoms with van der Waals surface area (Å²) in [5.41, 5.74) is 2.51. The third kappa shape index (κ3) is 9.72. The van der Waals surface area contributed by atoms with Gasteiger partial charge in [-0.1, -0.05) is 55.7 Å². The average Bonchev–Trinajstić information content (AvgIpc) is 2.77. The Balaban J connectivity index is 1.39. The van der Waals surface area contributed by atoms with Crippen molar-refractivity contribution in [2.24, 2.45) is 0 Å². The second-order valence-electron chi connectivity index (χ2n) is 7.74. The number of hydrogen-bond donors (Lipinski definition) is 4. The molecule has 0 radical (unpaired) electrons. The van der Waals surface area contributed by atoms with E-state index in [2.05, 4.69) is 29.6 Å². The van der Waals surface area contributed by atoms with Crippen molar-refractivity contribution < 1.29 is 20.1 Å². The minimum absolute atomic E-state index is 0.0546. The van der Waals surface area contributed by atoms with Gasteiger partial charge in [0, 0.05) is 25.3 Å². The summed E-state index contributed by atoms with van der Waals surface area (Å²) in [6.45, 7) is 2.78. The van der Waals surface area contributed by atoms with Gasteiger partial charge in [0.15, 0.2) is 0 Å². The van der Waals surface area contributed by atoms with Crippen molar-refractivity contribution in [2.45, 2.75) is 57.7 Å². The number of aliphatic hydroxyl groups excluding tert-OH is 2. The monoisotopic (exact) mass is 415 g/mol. The first kappa shape index (κ1) is 24.4. The summed E-state index contributed by atoms with van der Waals surface area (Å²) in [6, 6.07) is 15.4. The molecule has 4 N–H and O–H groups in total. The predicted octanol–water partition coefficient (Wildman–Crippen LogP) is 4.11. The number of ether oxygens (including phenoxy) is 1. The number of phenols is 1. The zero-order valence-electron chi connectivity index (χ0n) is 17.9. The molecule has 2 aromatic carbocycles. The van der Waals surface area contributed by atoms with Gasteiger partial charge < -0.3 is 25.4 Å². The predicted molar refractivity (Wildman–Crippen MR) is 121 cm³/mol. The minimum Gasteiger partial charge on any atom is -0.508 e. The lowest BCUT2D eigenvalue weighted by molar-refractivity contribution is 0.127. The van der Waals surface area contributed by atoms with Crippen molar-refractivity contribution in [2.75, 3.05) is 26.3 Å². The highest BCUT2D eigenvalue weighted by Crippen LogP contribution is 2.22. The van der Waals surface area contributed by atoms with E-state index in [0.29, 0.717) is 17.7 Å². The first-order chi connectivity index (χ1) is 14.7. The molecule has 0 amide bonds. The van der Waals surface area contributed by atoms with Gasteiger partial charge in [0.1, 0.15) is 5.75 Å². The number of nitrogens with one attached hydrogen (secondary N) is 1. The van der Waals surface area contributed by atoms with Crippen LogP contribution in [0.2, 0.25) is 0 Å². The van der Waals surface area contributed by atoms with Crippen molar-refractivity contribution in [3.8, 4) is 5.75 Å². The number of benzene rings is 2. The molecule has 0 aromatic heterocycles. The quantitative estimate of drug-likeness (QED) is 0.310. The number of hydrogen-bond acceptors (Lipinski definition) is 5. The van der Waals surface area contributed by atoms with Crippen LogP contribution in [0.15, 0.2) is 48.5 Å². The molecule has 166 valence electrons. The fourth-order valence-corrected chi connectivity index (χ4v) is 3.41. The molecule has 0 unspecified atom stereocenters. The van der Waals surface area contributed by atoms with Gasteiger partial charge in [-0.3, -0.25) is 0 Å². The minimum atomic E-state index is -0.644. The van der Waals surface area contributed by atoms with Crippen LogP contribution in [0.3, 0.4) is 0 Å². The molecule has 5 heteroatoms. The molecule has 0 saturated carbocycles. The molecule has 0 heterocycles. The lowest BCUT2D eigenvalue weighted by atomic mass is 10.1. The zero-order valence-corrected chi connectivity index (χ0v) is 17.9. The molecule has 1 atom stereocenters. The van der Waals surface area contributed by atoms with Gasteiger partial charge in [-0.25, -0.2) is 0 Å². The largest absolute Gasteiger partial charge is 0.508 e. The van der Waals surface area contributed by atoms with E-state index in [1.165, 1.54) is 30.9 Å². The lowest BCUT2D eigenvalue weighted by Gasteiger charge is -2.14. The summed E-state index contributed by atoms with van der Waals surface area (Å²) in [7, 11) is 0. The summed E-state index contributed by atoms with van der Waals surface area (Å²) in [6.07, 6.45) is 7.28. The van der Waals surface area contributed by atoms with Crippen molar-refractivity contribution >= 4 is 0 Å². The maximum atomic E-state index is 10.2. The molecule has 5 nitrogen and oxygen atoms in total. The van der Waals surface area contributed by atoms with Gasteiger partial charge in [0.2, 0.25) is 0 Å². The van der Waals surface area contributed by atoms with Crippen molar-refractivity contribution in [1.82, 2.24) is 5.32 Å². The summed E-state index contributed by atoms with van der Waals surface area (Å²) in [5, 5.41) is 32.3. The molecule has 0 aliphatic rings. The third-order valence-corrected chi connectivity index (χ3v) is 5.24. The van der Waals surface area contributed by atoms with E-state index in [1.807, 2.05) is 6.07 Å². The van der Waals surface area contributed by atoms with E-state index in [-0.39, 0.29) is 12.4 Å². The van der Waals surface area contributed by atoms with Gasteiger partial charge in [0.05, 0.1) is 12.7 Å². The highest BCUT2D eigenvalue weighted by Gasteiger charge is 2.09. The maximum absolute atomic E-state index is 10.2. The highest BCUT2D eigenvalue weighted by atomic mass is 16.5. The Hall–Kier alpha value is -1.92. The second-order valence-corrected chi connectivity index (χ2v) is 7.74. The Labute approximate surface area is 180 Å². The Bertz CT molecular complexity index is 693. The van der Waals surface area contributed by atoms with Gasteiger partial charge in [0.25, 0.3) is 0 Å². The van der Waals surface area contributed by atoms with E-state index in [1.54, 1.807) is 12.1 Å². The molecular formula is C25H37NO4. The summed E-state index contributed by atoms with van der Waals surface area (Å²) < 4.78 is 5.72. The van der Waals surface area contributed by atoms with E-state index in [4.69, 9.17) is 4.74 Å². The Morgan fingerprint density at radius 1 is 0.867 bits per heavy atom. The van der Waals surface area contributed by atoms with Gasteiger partial charge >= 0.3 is 0 Å². The van der Waals surface area contributed by atoms with Gasteiger partial charge in [-0.05, 0) is 55.5 Å². The standard InChI is InChI=1S/C25H37NO4/c27-20-23-18-22(13-14-24(23)28)25(29)19-26-15-7-2-1-3-8-16-30-17-9-12-21-10-5-4-6-11-21/h4-6,10-11,13-14,18,25-29H,1-3,7-9,12,15-17,19-20H2/t25-/m0/s1. The molecule has 0 bridgehead atoms. The highest BCUT2D eigenvalue weighted by molar-refractivity contribution is 5.36. The molecular weight excluding hydrogens is 378 g/mol. The number of aliphatic hydroxyl groups is 2. The second kappa shape index (κ2) is 15.0. The molecule has 2 rings (SSSR count). The normalized spacial score (nSPS) is 12.2. The van der Waals surface area contributed by atoms with E-state index in [0.717, 1.165) is 45.4 Å². The molecule has 0 fully saturated rings. The fraction of sp³-hybridized carbons (Fsp3) is 0.520. The average molecular weight is 416 g/mol. The summed E-state index contributed by atoms with van der Waals surface area (Å²) >= 11 is 0. The molecule has 0 spiro atoms. The Morgan fingerprint density at radius 3 is 2.40 bits per heavy atom. The fourth-order valence-electron chi connectivity index (χ4n) is 3.41. The van der Waals surface area contributed by atoms with Crippen LogP contribution in [0.25, 0.3) is 0 Å². The van der Waals surface area contributed by atoms with E-state index >= 15 is 0 Å². The molecule has 2 aromatic rings. The number of rotatable bonds is 16. The van der Waals surface area contributed by atoms with E-state index in [9.17, 15) is 15.3 Å². The third-order valence-electron chi connectivity index (χ3n) is 5.24. The van der Waals surface area contributed by atoms with Gasteiger partial charge in [-0.2, -0.15) is 0 Å². The molecule has 0 aliphatic heterocycles. The first-order valence-corrected chi connectivity index (χ1v) is 11.1. The first-order valence-electron chi connectivity index (χ1n) is 11.1. The Morgan fingerprint density at radius 2 is 1.60 bits per heavy atom. The van der Waals surface area contributed by atoms with Gasteiger partial charge in [-0.15, -0.1) is 0 Å². The lowest BCUT2D eigenvalue weighted by Crippen LogP contribution is -2.22. The summed E-state index contributed by atoms with van der Waals surface area (Å²) in [5.74, 6) is 0.0546. The van der Waals surface area contributed by atoms with Crippen LogP contribution in [0.4, 0.5) is 0 Å². The number of aryl methyl sites for hydroxylation is 1. The maximum Gasteiger partial charge on any atom is 0.121 e. The van der Waals surface area contributed by atoms with Crippen molar-refractivity contribution in [3.05, 3.63) is 65.2 Å². The molecule has 0 saturated heterocycles. The number of aromatic hydroxyl groups is 1. The van der Waals surface area contributed by atoms with Crippen molar-refractivity contribution in [1.29, 1.82) is 0 Å². The van der Waals surface area contributed by atoms with Crippen LogP contribution < -0.4 is 5.32 Å². The SMILES string of the molecule is OCc1cc([C@@H](O)CNCCCCCCCOCCCc2ccccc2)ccc1O. The van der Waals surface area contributed by atoms with Crippen LogP contribution in [0, 0.1) is 0 Å². The van der Waals surface area contributed by atoms with Crippen molar-refractivity contribution in [3.63, 3.8) is 0 Å². The van der Waals surface area contributed by atoms with Crippen LogP contribution in [0.1, 0.15) is 61.3 Å². The molecule has 0 aliphatic carbocycles. The van der Waals surface area contributed by atoms with Crippen LogP contribution >= 0.6 is 0 Å². The van der Waals surface area contributed by atoms with Crippen LogP contribution in [0.5, 0.6) is 5.75 Å². The Kier molecular flexibility index (Phi) is 12.1. The number of unbranched alkanes of at least 4 members (excludes halogenated alkanes) is 4. The topological polar surface area (TPSA) is 82.0 Å². The summed E-state index contributed by atoms with van der Waals surface area (Å²) in [4.78, 5) is 0. The zero-order chi connectivity index (χ0) is 21.4. The molecule has 30 heavy (non-hydrogen) atoms. The van der Waals surface area contributed by atoms with Crippen LogP contribution in [-0.4, -0.2) is 41.6 Å². The van der Waals surface area contributed by atoms with E-state index < -0.39 is 6.10 Å². The van der Waals surface area contributed by atoms with Crippen LogP contribution in [-0.2, 0) is 17.8 Å².